The molecule has 1 aromatic carbocycles. The van der Waals surface area contributed by atoms with Gasteiger partial charge in [0.05, 0.1) is 19.3 Å². The lowest BCUT2D eigenvalue weighted by molar-refractivity contribution is -0.122. The van der Waals surface area contributed by atoms with E-state index in [1.807, 2.05) is 41.1 Å². The average Bonchev–Trinajstić information content (AvgIpc) is 3.41. The van der Waals surface area contributed by atoms with E-state index in [0.717, 1.165) is 48.5 Å². The number of fused-ring (bicyclic) bond motifs is 2. The van der Waals surface area contributed by atoms with Crippen molar-refractivity contribution in [3.8, 4) is 5.75 Å². The largest absolute Gasteiger partial charge is 0.497 e. The fraction of sp³-hybridized carbons (Fsp3) is 0.364. The Kier molecular flexibility index (Phi) is 5.15. The van der Waals surface area contributed by atoms with Crippen molar-refractivity contribution < 1.29 is 13.9 Å². The highest BCUT2D eigenvalue weighted by molar-refractivity contribution is 5.77. The number of piperidine rings is 1. The molecule has 0 radical (unpaired) electrons. The lowest BCUT2D eigenvalue weighted by atomic mass is 9.94. The average molecular weight is 420 g/mol. The van der Waals surface area contributed by atoms with E-state index >= 15 is 0 Å². The molecule has 1 aliphatic heterocycles. The van der Waals surface area contributed by atoms with E-state index in [9.17, 15) is 4.79 Å². The summed E-state index contributed by atoms with van der Waals surface area (Å²) in [5.41, 5.74) is 2.30. The van der Waals surface area contributed by atoms with Gasteiger partial charge in [-0.15, -0.1) is 0 Å². The van der Waals surface area contributed by atoms with E-state index in [1.165, 1.54) is 0 Å². The second kappa shape index (κ2) is 8.25. The number of anilines is 1. The third-order valence-electron chi connectivity index (χ3n) is 5.60. The number of carbonyl (C=O) groups excluding carboxylic acids is 1. The molecule has 1 aliphatic rings. The molecule has 0 bridgehead atoms. The van der Waals surface area contributed by atoms with E-state index < -0.39 is 0 Å². The molecule has 1 unspecified atom stereocenters. The third kappa shape index (κ3) is 4.16. The first-order valence-electron chi connectivity index (χ1n) is 10.4. The van der Waals surface area contributed by atoms with Crippen LogP contribution in [-0.2, 0) is 11.3 Å². The number of amides is 1. The Hall–Kier alpha value is -3.62. The van der Waals surface area contributed by atoms with Gasteiger partial charge in [-0.05, 0) is 37.0 Å². The van der Waals surface area contributed by atoms with Gasteiger partial charge in [-0.3, -0.25) is 9.20 Å². The maximum Gasteiger partial charge on any atom is 0.298 e. The molecule has 0 spiro atoms. The van der Waals surface area contributed by atoms with Crippen molar-refractivity contribution in [2.24, 2.45) is 5.92 Å². The summed E-state index contributed by atoms with van der Waals surface area (Å²) in [7, 11) is 1.63. The van der Waals surface area contributed by atoms with Crippen LogP contribution < -0.4 is 15.0 Å². The molecule has 1 fully saturated rings. The Balaban J connectivity index is 1.18. The van der Waals surface area contributed by atoms with Crippen LogP contribution in [0.3, 0.4) is 0 Å². The first-order chi connectivity index (χ1) is 15.2. The maximum absolute atomic E-state index is 12.5. The summed E-state index contributed by atoms with van der Waals surface area (Å²) in [6.45, 7) is 2.01. The van der Waals surface area contributed by atoms with Gasteiger partial charge in [0.25, 0.3) is 6.01 Å². The van der Waals surface area contributed by atoms with Crippen molar-refractivity contribution in [2.45, 2.75) is 25.8 Å². The molecule has 9 heteroatoms. The number of methoxy groups -OCH3 is 1. The number of aromatic nitrogens is 4. The third-order valence-corrected chi connectivity index (χ3v) is 5.60. The van der Waals surface area contributed by atoms with Gasteiger partial charge in [-0.2, -0.15) is 4.98 Å². The second-order valence-corrected chi connectivity index (χ2v) is 7.82. The summed E-state index contributed by atoms with van der Waals surface area (Å²) < 4.78 is 13.0. The van der Waals surface area contributed by atoms with Crippen LogP contribution in [0, 0.1) is 5.92 Å². The number of nitrogens with one attached hydrogen (secondary N) is 1. The highest BCUT2D eigenvalue weighted by atomic mass is 16.5. The van der Waals surface area contributed by atoms with Crippen LogP contribution >= 0.6 is 0 Å². The Bertz CT molecular complexity index is 1180. The predicted molar refractivity (Wildman–Crippen MR) is 115 cm³/mol. The quantitative estimate of drug-likeness (QED) is 0.512. The van der Waals surface area contributed by atoms with Crippen molar-refractivity contribution >= 4 is 28.8 Å². The Labute approximate surface area is 179 Å². The maximum atomic E-state index is 12.5. The van der Waals surface area contributed by atoms with Gasteiger partial charge < -0.3 is 19.4 Å². The van der Waals surface area contributed by atoms with Crippen LogP contribution in [0.25, 0.3) is 16.9 Å². The highest BCUT2D eigenvalue weighted by Crippen LogP contribution is 2.29. The number of oxazole rings is 1. The van der Waals surface area contributed by atoms with Crippen LogP contribution in [-0.4, -0.2) is 45.5 Å². The monoisotopic (exact) mass is 420 g/mol. The lowest BCUT2D eigenvalue weighted by Crippen LogP contribution is -2.38. The van der Waals surface area contributed by atoms with E-state index in [-0.39, 0.29) is 11.8 Å². The number of ether oxygens (including phenoxy) is 1. The fourth-order valence-corrected chi connectivity index (χ4v) is 4.05. The van der Waals surface area contributed by atoms with Gasteiger partial charge >= 0.3 is 0 Å². The van der Waals surface area contributed by atoms with Crippen LogP contribution in [0.5, 0.6) is 5.75 Å². The Morgan fingerprint density at radius 3 is 3.16 bits per heavy atom. The Morgan fingerprint density at radius 2 is 2.29 bits per heavy atom. The van der Waals surface area contributed by atoms with E-state index in [0.29, 0.717) is 24.8 Å². The highest BCUT2D eigenvalue weighted by Gasteiger charge is 2.25. The molecule has 0 aliphatic carbocycles. The molecular formula is C22H24N6O3. The first kappa shape index (κ1) is 19.3. The molecule has 31 heavy (non-hydrogen) atoms. The molecular weight excluding hydrogens is 396 g/mol. The molecule has 4 heterocycles. The van der Waals surface area contributed by atoms with Crippen molar-refractivity contribution in [1.29, 1.82) is 0 Å². The number of hydrogen-bond acceptors (Lipinski definition) is 7. The van der Waals surface area contributed by atoms with Gasteiger partial charge in [0.2, 0.25) is 11.7 Å². The summed E-state index contributed by atoms with van der Waals surface area (Å²) in [6.07, 6.45) is 7.95. The lowest BCUT2D eigenvalue weighted by Gasteiger charge is -2.31. The van der Waals surface area contributed by atoms with Gasteiger partial charge in [-0.1, -0.05) is 0 Å². The molecule has 1 atom stereocenters. The van der Waals surface area contributed by atoms with Crippen LogP contribution in [0.4, 0.5) is 6.01 Å². The number of nitrogens with zero attached hydrogens (tertiary/aromatic N) is 5. The van der Waals surface area contributed by atoms with Gasteiger partial charge in [-0.25, -0.2) is 9.97 Å². The first-order valence-corrected chi connectivity index (χ1v) is 10.4. The summed E-state index contributed by atoms with van der Waals surface area (Å²) in [6, 6.07) is 8.05. The topological polar surface area (TPSA) is 97.8 Å². The SMILES string of the molecule is COc1ccc2oc(N3CCCC(CC(=O)NCc4cn5cccnc5n4)C3)nc2c1. The summed E-state index contributed by atoms with van der Waals surface area (Å²) in [4.78, 5) is 27.9. The van der Waals surface area contributed by atoms with E-state index in [2.05, 4.69) is 25.2 Å². The summed E-state index contributed by atoms with van der Waals surface area (Å²) in [5.74, 6) is 1.66. The smallest absolute Gasteiger partial charge is 0.298 e. The Morgan fingerprint density at radius 1 is 1.35 bits per heavy atom. The van der Waals surface area contributed by atoms with Crippen molar-refractivity contribution in [1.82, 2.24) is 24.7 Å². The summed E-state index contributed by atoms with van der Waals surface area (Å²) >= 11 is 0. The molecule has 9 nitrogen and oxygen atoms in total. The number of hydrogen-bond donors (Lipinski definition) is 1. The molecule has 1 amide bonds. The van der Waals surface area contributed by atoms with E-state index in [4.69, 9.17) is 9.15 Å². The molecule has 4 aromatic rings. The van der Waals surface area contributed by atoms with Crippen LogP contribution in [0.15, 0.2) is 47.3 Å². The molecule has 1 saturated heterocycles. The number of rotatable bonds is 6. The zero-order valence-electron chi connectivity index (χ0n) is 17.3. The van der Waals surface area contributed by atoms with Crippen molar-refractivity contribution in [3.05, 3.63) is 48.5 Å². The normalized spacial score (nSPS) is 16.7. The number of imidazole rings is 1. The van der Waals surface area contributed by atoms with Crippen LogP contribution in [0.1, 0.15) is 25.0 Å². The molecule has 0 saturated carbocycles. The van der Waals surface area contributed by atoms with Crippen molar-refractivity contribution in [2.75, 3.05) is 25.1 Å². The van der Waals surface area contributed by atoms with E-state index in [1.54, 1.807) is 13.3 Å². The molecule has 5 rings (SSSR count). The zero-order valence-corrected chi connectivity index (χ0v) is 17.3. The molecule has 160 valence electrons. The second-order valence-electron chi connectivity index (χ2n) is 7.82. The zero-order chi connectivity index (χ0) is 21.2. The number of benzene rings is 1. The van der Waals surface area contributed by atoms with Gasteiger partial charge in [0, 0.05) is 44.2 Å². The minimum absolute atomic E-state index is 0.0270. The predicted octanol–water partition coefficient (Wildman–Crippen LogP) is 2.80. The van der Waals surface area contributed by atoms with Crippen LogP contribution in [0.2, 0.25) is 0 Å². The van der Waals surface area contributed by atoms with Gasteiger partial charge in [0.1, 0.15) is 11.3 Å². The number of carbonyl (C=O) groups is 1. The summed E-state index contributed by atoms with van der Waals surface area (Å²) in [5, 5.41) is 2.98. The minimum atomic E-state index is 0.0270. The molecule has 1 N–H and O–H groups in total. The van der Waals surface area contributed by atoms with Gasteiger partial charge in [0.15, 0.2) is 5.58 Å². The minimum Gasteiger partial charge on any atom is -0.497 e. The van der Waals surface area contributed by atoms with Crippen molar-refractivity contribution in [3.63, 3.8) is 0 Å². The molecule has 3 aromatic heterocycles. The standard InChI is InChI=1S/C22H24N6O3/c1-30-17-5-6-19-18(11-17)26-22(31-19)28-8-2-4-15(13-28)10-20(29)24-12-16-14-27-9-3-7-23-21(27)25-16/h3,5-7,9,11,14-15H,2,4,8,10,12-13H2,1H3,(H,24,29). The fourth-order valence-electron chi connectivity index (χ4n) is 4.05.